The van der Waals surface area contributed by atoms with Gasteiger partial charge in [0.1, 0.15) is 5.69 Å². The molecule has 136 heavy (non-hydrogen) atoms. The summed E-state index contributed by atoms with van der Waals surface area (Å²) in [6.07, 6.45) is 10.0. The van der Waals surface area contributed by atoms with Crippen LogP contribution in [0.2, 0.25) is 0 Å². The first-order valence-corrected chi connectivity index (χ1v) is 47.0. The number of pyridine rings is 5. The van der Waals surface area contributed by atoms with Crippen molar-refractivity contribution in [2.75, 3.05) is 0 Å². The van der Waals surface area contributed by atoms with Gasteiger partial charge in [-0.2, -0.15) is 0 Å². The van der Waals surface area contributed by atoms with E-state index < -0.39 is 24.3 Å². The average Bonchev–Trinajstić information content (AvgIpc) is 0.804. The first kappa shape index (κ1) is 123. The van der Waals surface area contributed by atoms with Crippen molar-refractivity contribution in [3.05, 3.63) is 324 Å². The Kier molecular flexibility index (Phi) is 54.5. The minimum atomic E-state index is -0.990. The molecule has 4 radical (unpaired) electrons. The van der Waals surface area contributed by atoms with Crippen LogP contribution >= 0.6 is 0 Å². The molecule has 0 spiro atoms. The van der Waals surface area contributed by atoms with E-state index in [2.05, 4.69) is 327 Å². The number of rotatable bonds is 22. The molecule has 0 aliphatic rings. The standard InChI is InChI=1S/4C22H24N.C11H22O2.C9H18O2.C6H5NO2.C5H10O2.4Ir/c4*1-14(2)11-18-7-6-8-22-20(18)9-10-21(23-22)19-12-15(3)17(5)16(4)13-19;1-8(2)5-10(12)7-11(13)6-9(3)4;1-6(2)8(10)5-9(11)7(3)4;8-6(9)5-3-1-2-4-7-5;1-4(6)3-5(2)7;;;;/h4*6-10,12,14H,11H2,1-5H3;7-10,12-13H,5-6H2,1-4H3;5-8,10-11H,1-4H3;1-4H,(H,8,9);3-4,6-7H,1-2H3;;;;/q4*-1;;;;;;;;. The zero-order valence-electron chi connectivity index (χ0n) is 86.1. The average molecular weight is 2550 g/mol. The monoisotopic (exact) mass is 2550 g/mol. The van der Waals surface area contributed by atoms with Crippen molar-refractivity contribution < 1.29 is 121 Å². The molecule has 3 atom stereocenters. The first-order chi connectivity index (χ1) is 62.1. The van der Waals surface area contributed by atoms with E-state index in [1.165, 1.54) is 142 Å². The Balaban J connectivity index is 0.000000539. The van der Waals surface area contributed by atoms with Gasteiger partial charge < -0.3 is 35.7 Å². The quantitative estimate of drug-likeness (QED) is 0.0248. The zero-order valence-corrected chi connectivity index (χ0v) is 95.7. The maximum atomic E-state index is 10.1. The predicted molar refractivity (Wildman–Crippen MR) is 556 cm³/mol. The second-order valence-electron chi connectivity index (χ2n) is 38.6. The van der Waals surface area contributed by atoms with Crippen LogP contribution in [0.3, 0.4) is 0 Å². The number of aromatic nitrogens is 5. The molecular weight excluding hydrogens is 2400 g/mol. The van der Waals surface area contributed by atoms with Crippen LogP contribution in [0.5, 0.6) is 0 Å². The SMILES string of the molecule is CC(C)C(O)=CC(O)C(C)C.CC(C)CC(O)=CC(O)CC(C)C.CC(O)=CC(C)O.Cc1[c-]c(-c2ccc3c(CC(C)C)cccc3n2)cc(C)c1C.Cc1[c-]c(-c2ccc3c(CC(C)C)cccc3n2)cc(C)c1C.Cc1[c-]c(-c2ccc3c(CC(C)C)cccc3n2)cc(C)c1C.Cc1[c-]c(-c2ccc3c(CC(C)C)cccc3n2)cc(C)c1C.O=C(O)c1ccccn1.[Ir].[Ir].[Ir].[Ir]. The van der Waals surface area contributed by atoms with Crippen LogP contribution in [0.4, 0.5) is 0 Å². The smallest absolute Gasteiger partial charge is 0.354 e. The van der Waals surface area contributed by atoms with E-state index in [0.29, 0.717) is 54.1 Å². The number of hydrogen-bond acceptors (Lipinski definition) is 12. The van der Waals surface area contributed by atoms with Crippen molar-refractivity contribution in [2.24, 2.45) is 47.3 Å². The number of carbonyl (C=O) groups is 1. The molecule has 5 heterocycles. The fourth-order valence-electron chi connectivity index (χ4n) is 15.0. The molecule has 0 saturated carbocycles. The summed E-state index contributed by atoms with van der Waals surface area (Å²) in [7, 11) is 0. The number of nitrogens with zero attached hydrogens (tertiary/aromatic N) is 5. The summed E-state index contributed by atoms with van der Waals surface area (Å²) < 4.78 is 0. The molecule has 13 aromatic rings. The van der Waals surface area contributed by atoms with E-state index in [4.69, 9.17) is 35.3 Å². The minimum absolute atomic E-state index is 0. The van der Waals surface area contributed by atoms with Gasteiger partial charge in [0, 0.05) is 121 Å². The molecule has 7 N–H and O–H groups in total. The van der Waals surface area contributed by atoms with Crippen LogP contribution in [-0.2, 0) is 106 Å². The molecule has 0 fully saturated rings. The Morgan fingerprint density at radius 2 is 0.647 bits per heavy atom. The van der Waals surface area contributed by atoms with E-state index in [1.54, 1.807) is 25.1 Å². The van der Waals surface area contributed by atoms with Crippen molar-refractivity contribution in [2.45, 2.75) is 265 Å². The normalized spacial score (nSPS) is 11.9. The molecular formula is C119H151Ir4N5O8-4. The van der Waals surface area contributed by atoms with Crippen LogP contribution in [0.1, 0.15) is 237 Å². The van der Waals surface area contributed by atoms with Crippen LogP contribution in [0, 0.1) is 155 Å². The number of aliphatic hydroxyl groups is 6. The van der Waals surface area contributed by atoms with E-state index >= 15 is 0 Å². The Morgan fingerprint density at radius 1 is 0.353 bits per heavy atom. The van der Waals surface area contributed by atoms with Gasteiger partial charge in [0.25, 0.3) is 0 Å². The fraction of sp³-hybridized carbons (Fsp3) is 0.395. The Hall–Kier alpha value is -8.88. The van der Waals surface area contributed by atoms with Gasteiger partial charge in [-0.15, -0.1) is 138 Å². The van der Waals surface area contributed by atoms with Crippen molar-refractivity contribution in [3.8, 4) is 45.0 Å². The van der Waals surface area contributed by atoms with E-state index in [9.17, 15) is 25.2 Å². The molecule has 13 nitrogen and oxygen atoms in total. The fourth-order valence-corrected chi connectivity index (χ4v) is 15.0. The van der Waals surface area contributed by atoms with Crippen molar-refractivity contribution >= 4 is 49.6 Å². The number of fused-ring (bicyclic) bond motifs is 4. The van der Waals surface area contributed by atoms with Gasteiger partial charge in [-0.25, -0.2) is 9.78 Å². The van der Waals surface area contributed by atoms with Gasteiger partial charge in [-0.3, -0.25) is 19.9 Å². The largest absolute Gasteiger partial charge is 0.513 e. The molecule has 5 aromatic heterocycles. The van der Waals surface area contributed by atoms with Crippen molar-refractivity contribution in [1.82, 2.24) is 24.9 Å². The summed E-state index contributed by atoms with van der Waals surface area (Å²) in [5.74, 6) is 3.50. The Morgan fingerprint density at radius 3 is 0.846 bits per heavy atom. The number of aliphatic hydroxyl groups excluding tert-OH is 6. The minimum Gasteiger partial charge on any atom is -0.513 e. The number of aryl methyl sites for hydroxylation is 8. The maximum absolute atomic E-state index is 10.1. The number of allylic oxidation sites excluding steroid dienone is 3. The molecule has 17 heteroatoms. The molecule has 0 bridgehead atoms. The second-order valence-corrected chi connectivity index (χ2v) is 38.6. The van der Waals surface area contributed by atoms with Crippen LogP contribution in [0.25, 0.3) is 88.6 Å². The number of carboxylic acids is 1. The molecule has 8 aromatic carbocycles. The molecule has 0 saturated heterocycles. The summed E-state index contributed by atoms with van der Waals surface area (Å²) in [5.41, 5.74) is 33.5. The van der Waals surface area contributed by atoms with Gasteiger partial charge in [0.2, 0.25) is 0 Å². The molecule has 0 aliphatic heterocycles. The summed E-state index contributed by atoms with van der Waals surface area (Å²) in [6, 6.07) is 70.6. The molecule has 740 valence electrons. The molecule has 13 rings (SSSR count). The summed E-state index contributed by atoms with van der Waals surface area (Å²) in [6.45, 7) is 62.6. The van der Waals surface area contributed by atoms with E-state index in [1.807, 2.05) is 41.5 Å². The number of hydrogen-bond donors (Lipinski definition) is 7. The predicted octanol–water partition coefficient (Wildman–Crippen LogP) is 29.9. The third-order valence-corrected chi connectivity index (χ3v) is 23.0. The van der Waals surface area contributed by atoms with Crippen LogP contribution in [-0.4, -0.2) is 84.9 Å². The molecule has 3 unspecified atom stereocenters. The van der Waals surface area contributed by atoms with Crippen LogP contribution < -0.4 is 0 Å². The summed E-state index contributed by atoms with van der Waals surface area (Å²) in [5, 5.41) is 67.7. The van der Waals surface area contributed by atoms with Crippen LogP contribution in [0.15, 0.2) is 205 Å². The topological polar surface area (TPSA) is 223 Å². The Labute approximate surface area is 869 Å². The van der Waals surface area contributed by atoms with E-state index in [-0.39, 0.29) is 109 Å². The summed E-state index contributed by atoms with van der Waals surface area (Å²) in [4.78, 5) is 33.3. The molecule has 0 amide bonds. The summed E-state index contributed by atoms with van der Waals surface area (Å²) >= 11 is 0. The van der Waals surface area contributed by atoms with Gasteiger partial charge in [-0.05, 0) is 187 Å². The third-order valence-electron chi connectivity index (χ3n) is 23.0. The van der Waals surface area contributed by atoms with Gasteiger partial charge >= 0.3 is 5.97 Å². The molecule has 0 aliphatic carbocycles. The number of carboxylic acid groups (broad SMARTS) is 1. The first-order valence-electron chi connectivity index (χ1n) is 47.0. The van der Waals surface area contributed by atoms with Gasteiger partial charge in [0.15, 0.2) is 0 Å². The third kappa shape index (κ3) is 40.1. The van der Waals surface area contributed by atoms with Crippen molar-refractivity contribution in [1.29, 1.82) is 0 Å². The van der Waals surface area contributed by atoms with Gasteiger partial charge in [-0.1, -0.05) is 297 Å². The number of benzene rings is 8. The Bertz CT molecular complexity index is 5350. The van der Waals surface area contributed by atoms with Gasteiger partial charge in [0.05, 0.1) is 57.7 Å². The van der Waals surface area contributed by atoms with Crippen molar-refractivity contribution in [3.63, 3.8) is 0 Å². The zero-order chi connectivity index (χ0) is 98.2. The maximum Gasteiger partial charge on any atom is 0.354 e. The number of aromatic carboxylic acids is 1. The van der Waals surface area contributed by atoms with E-state index in [0.717, 1.165) is 92.8 Å². The second kappa shape index (κ2) is 60.2.